The number of aryl methyl sites for hydroxylation is 1. The number of aromatic nitrogens is 4. The molecule has 3 heterocycles. The summed E-state index contributed by atoms with van der Waals surface area (Å²) in [7, 11) is 1.91. The Kier molecular flexibility index (Phi) is 6.96. The summed E-state index contributed by atoms with van der Waals surface area (Å²) in [6.07, 6.45) is 2.94. The molecule has 0 fully saturated rings. The van der Waals surface area contributed by atoms with E-state index >= 15 is 0 Å². The third kappa shape index (κ3) is 5.16. The molecule has 5 rings (SSSR count). The van der Waals surface area contributed by atoms with Gasteiger partial charge in [0.15, 0.2) is 0 Å². The molecule has 0 atom stereocenters. The second-order valence-corrected chi connectivity index (χ2v) is 8.57. The van der Waals surface area contributed by atoms with E-state index in [0.29, 0.717) is 23.0 Å². The number of ether oxygens (including phenoxy) is 1. The number of rotatable bonds is 8. The number of pyridine rings is 2. The standard InChI is InChI=1S/C28H25FN6O3/c1-17-21(18-8-10-31-26(29)14-18)4-3-5-22(17)33-28-34-23-15-19(6-7-25(23)35(28)2)38-20-9-11-30-24(16-20)27(37)32-12-13-36/h3-11,14-16,36H,12-13H2,1-2H3,(H,32,37)(H,33,34). The summed E-state index contributed by atoms with van der Waals surface area (Å²) in [6, 6.07) is 17.7. The van der Waals surface area contributed by atoms with Gasteiger partial charge in [0.2, 0.25) is 11.9 Å². The van der Waals surface area contributed by atoms with E-state index in [9.17, 15) is 9.18 Å². The number of halogens is 1. The molecule has 9 nitrogen and oxygen atoms in total. The highest BCUT2D eigenvalue weighted by molar-refractivity contribution is 5.92. The minimum absolute atomic E-state index is 0.143. The summed E-state index contributed by atoms with van der Waals surface area (Å²) >= 11 is 0. The van der Waals surface area contributed by atoms with Crippen LogP contribution in [0.25, 0.3) is 22.2 Å². The number of aliphatic hydroxyl groups excluding tert-OH is 1. The average Bonchev–Trinajstić information content (AvgIpc) is 3.22. The minimum atomic E-state index is -0.526. The van der Waals surface area contributed by atoms with Gasteiger partial charge in [0.25, 0.3) is 5.91 Å². The molecule has 0 aliphatic heterocycles. The zero-order valence-electron chi connectivity index (χ0n) is 20.8. The molecular weight excluding hydrogens is 487 g/mol. The smallest absolute Gasteiger partial charge is 0.270 e. The van der Waals surface area contributed by atoms with Gasteiger partial charge < -0.3 is 25.0 Å². The monoisotopic (exact) mass is 512 g/mol. The SMILES string of the molecule is Cc1c(Nc2nc3cc(Oc4ccnc(C(=O)NCCO)c4)ccc3n2C)cccc1-c1ccnc(F)c1. The molecule has 0 saturated carbocycles. The van der Waals surface area contributed by atoms with E-state index in [0.717, 1.165) is 27.9 Å². The van der Waals surface area contributed by atoms with Crippen molar-refractivity contribution in [3.8, 4) is 22.6 Å². The normalized spacial score (nSPS) is 10.9. The highest BCUT2D eigenvalue weighted by atomic mass is 19.1. The van der Waals surface area contributed by atoms with Crippen LogP contribution >= 0.6 is 0 Å². The molecular formula is C28H25FN6O3. The molecule has 192 valence electrons. The Morgan fingerprint density at radius 2 is 1.87 bits per heavy atom. The van der Waals surface area contributed by atoms with Gasteiger partial charge in [-0.25, -0.2) is 9.97 Å². The van der Waals surface area contributed by atoms with Crippen molar-refractivity contribution in [2.75, 3.05) is 18.5 Å². The molecule has 0 aliphatic rings. The number of carbonyl (C=O) groups excluding carboxylic acids is 1. The highest BCUT2D eigenvalue weighted by Crippen LogP contribution is 2.32. The number of aliphatic hydroxyl groups is 1. The maximum Gasteiger partial charge on any atom is 0.270 e. The van der Waals surface area contributed by atoms with Gasteiger partial charge in [-0.15, -0.1) is 0 Å². The fourth-order valence-corrected chi connectivity index (χ4v) is 4.12. The van der Waals surface area contributed by atoms with Crippen molar-refractivity contribution in [1.82, 2.24) is 24.8 Å². The van der Waals surface area contributed by atoms with Crippen LogP contribution in [0, 0.1) is 12.9 Å². The van der Waals surface area contributed by atoms with Crippen LogP contribution in [0.3, 0.4) is 0 Å². The average molecular weight is 513 g/mol. The molecule has 38 heavy (non-hydrogen) atoms. The van der Waals surface area contributed by atoms with E-state index < -0.39 is 11.9 Å². The second kappa shape index (κ2) is 10.7. The summed E-state index contributed by atoms with van der Waals surface area (Å²) in [5, 5.41) is 14.9. The van der Waals surface area contributed by atoms with Crippen LogP contribution in [-0.2, 0) is 7.05 Å². The van der Waals surface area contributed by atoms with Crippen molar-refractivity contribution in [2.45, 2.75) is 6.92 Å². The summed E-state index contributed by atoms with van der Waals surface area (Å²) in [5.41, 5.74) is 5.23. The first-order valence-corrected chi connectivity index (χ1v) is 11.9. The van der Waals surface area contributed by atoms with Crippen LogP contribution in [0.15, 0.2) is 73.1 Å². The van der Waals surface area contributed by atoms with Crippen LogP contribution < -0.4 is 15.4 Å². The van der Waals surface area contributed by atoms with Crippen LogP contribution in [-0.4, -0.2) is 43.7 Å². The number of benzene rings is 2. The molecule has 0 aliphatic carbocycles. The van der Waals surface area contributed by atoms with Gasteiger partial charge in [0, 0.05) is 49.9 Å². The van der Waals surface area contributed by atoms with Crippen molar-refractivity contribution >= 4 is 28.6 Å². The third-order valence-electron chi connectivity index (χ3n) is 6.07. The van der Waals surface area contributed by atoms with Crippen molar-refractivity contribution in [1.29, 1.82) is 0 Å². The fraction of sp³-hybridized carbons (Fsp3) is 0.143. The molecule has 10 heteroatoms. The quantitative estimate of drug-likeness (QED) is 0.257. The summed E-state index contributed by atoms with van der Waals surface area (Å²) in [6.45, 7) is 1.96. The Bertz CT molecular complexity index is 1630. The summed E-state index contributed by atoms with van der Waals surface area (Å²) in [5.74, 6) is 0.705. The van der Waals surface area contributed by atoms with Crippen LogP contribution in [0.1, 0.15) is 16.1 Å². The lowest BCUT2D eigenvalue weighted by Gasteiger charge is -2.13. The first-order chi connectivity index (χ1) is 18.4. The van der Waals surface area contributed by atoms with Crippen molar-refractivity contribution in [3.05, 3.63) is 90.3 Å². The van der Waals surface area contributed by atoms with Crippen molar-refractivity contribution in [2.24, 2.45) is 7.05 Å². The molecule has 3 N–H and O–H groups in total. The fourth-order valence-electron chi connectivity index (χ4n) is 4.12. The van der Waals surface area contributed by atoms with E-state index in [-0.39, 0.29) is 18.8 Å². The molecule has 0 spiro atoms. The van der Waals surface area contributed by atoms with E-state index in [1.165, 1.54) is 24.5 Å². The zero-order valence-corrected chi connectivity index (χ0v) is 20.8. The predicted molar refractivity (Wildman–Crippen MR) is 142 cm³/mol. The Hall–Kier alpha value is -4.83. The van der Waals surface area contributed by atoms with Gasteiger partial charge in [-0.1, -0.05) is 12.1 Å². The van der Waals surface area contributed by atoms with Gasteiger partial charge in [-0.3, -0.25) is 9.78 Å². The van der Waals surface area contributed by atoms with Crippen molar-refractivity contribution in [3.63, 3.8) is 0 Å². The number of nitrogens with one attached hydrogen (secondary N) is 2. The molecule has 5 aromatic rings. The summed E-state index contributed by atoms with van der Waals surface area (Å²) in [4.78, 5) is 24.6. The first kappa shape index (κ1) is 24.8. The number of hydrogen-bond acceptors (Lipinski definition) is 7. The maximum absolute atomic E-state index is 13.7. The van der Waals surface area contributed by atoms with E-state index in [2.05, 4.69) is 20.6 Å². The number of imidazole rings is 1. The van der Waals surface area contributed by atoms with Crippen LogP contribution in [0.4, 0.5) is 16.0 Å². The molecule has 0 unspecified atom stereocenters. The Labute approximate surface area is 218 Å². The number of anilines is 2. The molecule has 0 saturated heterocycles. The number of hydrogen-bond donors (Lipinski definition) is 3. The summed E-state index contributed by atoms with van der Waals surface area (Å²) < 4.78 is 21.6. The molecule has 2 aromatic carbocycles. The maximum atomic E-state index is 13.7. The highest BCUT2D eigenvalue weighted by Gasteiger charge is 2.14. The van der Waals surface area contributed by atoms with Gasteiger partial charge in [-0.2, -0.15) is 4.39 Å². The predicted octanol–water partition coefficient (Wildman–Crippen LogP) is 4.74. The van der Waals surface area contributed by atoms with Crippen LogP contribution in [0.5, 0.6) is 11.5 Å². The van der Waals surface area contributed by atoms with Crippen molar-refractivity contribution < 1.29 is 19.0 Å². The molecule has 0 radical (unpaired) electrons. The van der Waals surface area contributed by atoms with E-state index in [1.807, 2.05) is 54.9 Å². The minimum Gasteiger partial charge on any atom is -0.457 e. The third-order valence-corrected chi connectivity index (χ3v) is 6.07. The lowest BCUT2D eigenvalue weighted by Crippen LogP contribution is -2.27. The van der Waals surface area contributed by atoms with E-state index in [1.54, 1.807) is 12.1 Å². The van der Waals surface area contributed by atoms with Crippen LogP contribution in [0.2, 0.25) is 0 Å². The van der Waals surface area contributed by atoms with E-state index in [4.69, 9.17) is 14.8 Å². The molecule has 0 bridgehead atoms. The number of amides is 1. The topological polar surface area (TPSA) is 114 Å². The molecule has 3 aromatic heterocycles. The lowest BCUT2D eigenvalue weighted by molar-refractivity contribution is 0.0939. The Morgan fingerprint density at radius 3 is 2.68 bits per heavy atom. The second-order valence-electron chi connectivity index (χ2n) is 8.57. The largest absolute Gasteiger partial charge is 0.457 e. The number of carbonyl (C=O) groups is 1. The lowest BCUT2D eigenvalue weighted by atomic mass is 10.00. The Morgan fingerprint density at radius 1 is 1.05 bits per heavy atom. The number of nitrogens with zero attached hydrogens (tertiary/aromatic N) is 4. The molecule has 1 amide bonds. The van der Waals surface area contributed by atoms with Gasteiger partial charge in [0.1, 0.15) is 17.2 Å². The van der Waals surface area contributed by atoms with Gasteiger partial charge >= 0.3 is 0 Å². The Balaban J connectivity index is 1.39. The zero-order chi connectivity index (χ0) is 26.6. The first-order valence-electron chi connectivity index (χ1n) is 11.9. The van der Waals surface area contributed by atoms with Gasteiger partial charge in [0.05, 0.1) is 17.6 Å². The number of fused-ring (bicyclic) bond motifs is 1. The van der Waals surface area contributed by atoms with Gasteiger partial charge in [-0.05, 0) is 53.9 Å².